The summed E-state index contributed by atoms with van der Waals surface area (Å²) in [6.45, 7) is 2.96. The second-order valence-electron chi connectivity index (χ2n) is 3.63. The molecule has 1 N–H and O–H groups in total. The third-order valence-corrected chi connectivity index (χ3v) is 2.61. The molecule has 3 rings (SSSR count). The Morgan fingerprint density at radius 2 is 1.12 bits per heavy atom. The first-order valence-corrected chi connectivity index (χ1v) is 5.28. The predicted octanol–water partition coefficient (Wildman–Crippen LogP) is 3.59. The van der Waals surface area contributed by atoms with E-state index in [0.29, 0.717) is 0 Å². The highest BCUT2D eigenvalue weighted by Crippen LogP contribution is 2.46. The standard InChI is InChI=1S/C12H8.C3H4O2/c1-2-6-10-9(5-1)11-7-3-4-8-12(10)11;1-2-3(4)5/h1-8H;2H,1H2,(H,4,5). The number of hydrogen-bond acceptors (Lipinski definition) is 1. The van der Waals surface area contributed by atoms with Gasteiger partial charge in [0.15, 0.2) is 0 Å². The molecule has 0 atom stereocenters. The minimum absolute atomic E-state index is 0.833. The molecule has 84 valence electrons. The zero-order valence-electron chi connectivity index (χ0n) is 9.26. The summed E-state index contributed by atoms with van der Waals surface area (Å²) in [6, 6.07) is 17.1. The van der Waals surface area contributed by atoms with Crippen molar-refractivity contribution in [3.8, 4) is 22.3 Å². The van der Waals surface area contributed by atoms with Crippen molar-refractivity contribution in [1.82, 2.24) is 0 Å². The van der Waals surface area contributed by atoms with Gasteiger partial charge in [-0.15, -0.1) is 0 Å². The maximum atomic E-state index is 9.25. The molecular formula is C15H12O2. The van der Waals surface area contributed by atoms with Crippen molar-refractivity contribution in [3.05, 3.63) is 61.2 Å². The molecule has 0 aromatic heterocycles. The van der Waals surface area contributed by atoms with Crippen LogP contribution in [0, 0.1) is 0 Å². The van der Waals surface area contributed by atoms with Gasteiger partial charge in [-0.05, 0) is 22.3 Å². The molecule has 1 aliphatic carbocycles. The van der Waals surface area contributed by atoms with Crippen molar-refractivity contribution in [1.29, 1.82) is 0 Å². The molecule has 17 heavy (non-hydrogen) atoms. The lowest BCUT2D eigenvalue weighted by molar-refractivity contribution is -0.131. The summed E-state index contributed by atoms with van der Waals surface area (Å²) in [4.78, 5) is 9.25. The van der Waals surface area contributed by atoms with Crippen molar-refractivity contribution in [3.63, 3.8) is 0 Å². The Kier molecular flexibility index (Phi) is 3.06. The van der Waals surface area contributed by atoms with Crippen LogP contribution in [0.25, 0.3) is 22.3 Å². The van der Waals surface area contributed by atoms with Crippen LogP contribution in [-0.4, -0.2) is 11.1 Å². The molecule has 2 nitrogen and oxygen atoms in total. The fraction of sp³-hybridized carbons (Fsp3) is 0. The molecule has 2 heteroatoms. The van der Waals surface area contributed by atoms with Crippen LogP contribution in [0.3, 0.4) is 0 Å². The fourth-order valence-corrected chi connectivity index (χ4v) is 1.84. The molecule has 2 aromatic carbocycles. The van der Waals surface area contributed by atoms with Crippen LogP contribution in [-0.2, 0) is 4.79 Å². The molecule has 0 saturated carbocycles. The average Bonchev–Trinajstić information content (AvgIpc) is 2.36. The quantitative estimate of drug-likeness (QED) is 0.641. The van der Waals surface area contributed by atoms with Crippen LogP contribution < -0.4 is 0 Å². The van der Waals surface area contributed by atoms with Gasteiger partial charge in [0.2, 0.25) is 0 Å². The van der Waals surface area contributed by atoms with E-state index in [-0.39, 0.29) is 0 Å². The van der Waals surface area contributed by atoms with Crippen LogP contribution >= 0.6 is 0 Å². The Bertz CT molecular complexity index is 471. The highest BCUT2D eigenvalue weighted by atomic mass is 16.4. The SMILES string of the molecule is C=CC(=O)O.c1ccc2c(c1)-c1ccccc1-2. The van der Waals surface area contributed by atoms with Gasteiger partial charge in [-0.2, -0.15) is 0 Å². The summed E-state index contributed by atoms with van der Waals surface area (Å²) in [7, 11) is 0. The van der Waals surface area contributed by atoms with E-state index in [2.05, 4.69) is 55.1 Å². The van der Waals surface area contributed by atoms with E-state index in [0.717, 1.165) is 6.08 Å². The fourth-order valence-electron chi connectivity index (χ4n) is 1.84. The molecule has 2 aromatic rings. The van der Waals surface area contributed by atoms with Crippen molar-refractivity contribution in [2.24, 2.45) is 0 Å². The Morgan fingerprint density at radius 1 is 0.882 bits per heavy atom. The Morgan fingerprint density at radius 3 is 1.29 bits per heavy atom. The van der Waals surface area contributed by atoms with Crippen molar-refractivity contribution in [2.45, 2.75) is 0 Å². The van der Waals surface area contributed by atoms with E-state index in [9.17, 15) is 4.79 Å². The summed E-state index contributed by atoms with van der Waals surface area (Å²) in [5.41, 5.74) is 5.59. The first kappa shape index (κ1) is 11.1. The molecule has 1 aliphatic rings. The second-order valence-corrected chi connectivity index (χ2v) is 3.63. The maximum absolute atomic E-state index is 9.25. The third kappa shape index (κ3) is 2.11. The minimum Gasteiger partial charge on any atom is -0.478 e. The predicted molar refractivity (Wildman–Crippen MR) is 68.7 cm³/mol. The largest absolute Gasteiger partial charge is 0.478 e. The minimum atomic E-state index is -0.981. The van der Waals surface area contributed by atoms with Gasteiger partial charge in [0.25, 0.3) is 0 Å². The Hall–Kier alpha value is -2.35. The first-order chi connectivity index (χ1) is 8.24. The van der Waals surface area contributed by atoms with Gasteiger partial charge in [-0.25, -0.2) is 4.79 Å². The average molecular weight is 224 g/mol. The van der Waals surface area contributed by atoms with Gasteiger partial charge in [0.05, 0.1) is 0 Å². The van der Waals surface area contributed by atoms with E-state index >= 15 is 0 Å². The lowest BCUT2D eigenvalue weighted by Gasteiger charge is -2.22. The molecule has 0 bridgehead atoms. The molecule has 0 unspecified atom stereocenters. The summed E-state index contributed by atoms with van der Waals surface area (Å²) in [5, 5.41) is 7.60. The number of carbonyl (C=O) groups is 1. The normalized spacial score (nSPS) is 9.88. The van der Waals surface area contributed by atoms with Gasteiger partial charge in [-0.1, -0.05) is 55.1 Å². The monoisotopic (exact) mass is 224 g/mol. The number of fused-ring (bicyclic) bond motifs is 4. The number of benzene rings is 2. The molecule has 0 fully saturated rings. The Labute approximate surface area is 99.8 Å². The van der Waals surface area contributed by atoms with Crippen molar-refractivity contribution in [2.75, 3.05) is 0 Å². The molecule has 0 radical (unpaired) electrons. The van der Waals surface area contributed by atoms with Crippen LogP contribution in [0.5, 0.6) is 0 Å². The van der Waals surface area contributed by atoms with Gasteiger partial charge in [0, 0.05) is 6.08 Å². The third-order valence-electron chi connectivity index (χ3n) is 2.61. The summed E-state index contributed by atoms with van der Waals surface area (Å²) in [6.07, 6.45) is 0.833. The topological polar surface area (TPSA) is 37.3 Å². The Balaban J connectivity index is 0.000000188. The van der Waals surface area contributed by atoms with Crippen LogP contribution in [0.4, 0.5) is 0 Å². The number of carboxylic acid groups (broad SMARTS) is 1. The molecule has 0 saturated heterocycles. The maximum Gasteiger partial charge on any atom is 0.327 e. The van der Waals surface area contributed by atoms with E-state index in [1.165, 1.54) is 22.3 Å². The van der Waals surface area contributed by atoms with Crippen LogP contribution in [0.15, 0.2) is 61.2 Å². The molecule has 0 amide bonds. The molecule has 0 spiro atoms. The zero-order chi connectivity index (χ0) is 12.3. The van der Waals surface area contributed by atoms with E-state index in [1.807, 2.05) is 0 Å². The second kappa shape index (κ2) is 4.66. The van der Waals surface area contributed by atoms with Gasteiger partial charge < -0.3 is 5.11 Å². The van der Waals surface area contributed by atoms with Crippen molar-refractivity contribution < 1.29 is 9.90 Å². The van der Waals surface area contributed by atoms with Crippen LogP contribution in [0.1, 0.15) is 0 Å². The van der Waals surface area contributed by atoms with E-state index in [1.54, 1.807) is 0 Å². The number of hydrogen-bond donors (Lipinski definition) is 1. The summed E-state index contributed by atoms with van der Waals surface area (Å²) < 4.78 is 0. The van der Waals surface area contributed by atoms with E-state index < -0.39 is 5.97 Å². The van der Waals surface area contributed by atoms with Gasteiger partial charge in [-0.3, -0.25) is 0 Å². The molecule has 0 heterocycles. The number of rotatable bonds is 1. The van der Waals surface area contributed by atoms with E-state index in [4.69, 9.17) is 5.11 Å². The van der Waals surface area contributed by atoms with Gasteiger partial charge >= 0.3 is 5.97 Å². The highest BCUT2D eigenvalue weighted by Gasteiger charge is 2.19. The van der Waals surface area contributed by atoms with Gasteiger partial charge in [0.1, 0.15) is 0 Å². The van der Waals surface area contributed by atoms with Crippen molar-refractivity contribution >= 4 is 5.97 Å². The molecule has 0 aliphatic heterocycles. The lowest BCUT2D eigenvalue weighted by atomic mass is 9.81. The first-order valence-electron chi connectivity index (χ1n) is 5.28. The highest BCUT2D eigenvalue weighted by molar-refractivity contribution is 6.02. The summed E-state index contributed by atoms with van der Waals surface area (Å²) in [5.74, 6) is -0.981. The number of aliphatic carboxylic acids is 1. The smallest absolute Gasteiger partial charge is 0.327 e. The van der Waals surface area contributed by atoms with Crippen LogP contribution in [0.2, 0.25) is 0 Å². The molecular weight excluding hydrogens is 212 g/mol. The summed E-state index contributed by atoms with van der Waals surface area (Å²) >= 11 is 0. The lowest BCUT2D eigenvalue weighted by Crippen LogP contribution is -1.96. The zero-order valence-corrected chi connectivity index (χ0v) is 9.26. The number of carboxylic acids is 1.